The molecule has 0 bridgehead atoms. The Morgan fingerprint density at radius 3 is 1.50 bits per heavy atom. The van der Waals surface area contributed by atoms with E-state index in [1.165, 1.54) is 44.9 Å². The molecule has 0 aromatic rings. The lowest BCUT2D eigenvalue weighted by atomic mass is 9.60. The van der Waals surface area contributed by atoms with Crippen LogP contribution in [0.2, 0.25) is 0 Å². The molecule has 0 N–H and O–H groups in total. The third-order valence-electron chi connectivity index (χ3n) is 7.88. The highest BCUT2D eigenvalue weighted by Gasteiger charge is 2.38. The summed E-state index contributed by atoms with van der Waals surface area (Å²) in [5.41, 5.74) is 0. The van der Waals surface area contributed by atoms with Crippen molar-refractivity contribution >= 4 is 0 Å². The molecular weight excluding hydrogens is 288 g/mol. The molecule has 24 heavy (non-hydrogen) atoms. The standard InChI is InChI=1S/C24H44/c1-3-5-6-7-8-9-10-20-13-22(14-20)16-24-17-23(18-24)15-21-11-19(4-2)12-21/h19-24H,3-18H2,1-2H3/t19-,20-,21+,22+,23-,24+. The van der Waals surface area contributed by atoms with Crippen LogP contribution >= 0.6 is 0 Å². The monoisotopic (exact) mass is 332 g/mol. The SMILES string of the molecule is CCCCCCCC[C@H]1C[C@@H](C[C@H]2C[C@@H](C[C@H]3C[C@@H](CC)C3)C2)C1. The lowest BCUT2D eigenvalue weighted by Gasteiger charge is -2.45. The molecule has 0 saturated heterocycles. The zero-order valence-electron chi connectivity index (χ0n) is 16.8. The third-order valence-corrected chi connectivity index (χ3v) is 7.88. The minimum Gasteiger partial charge on any atom is -0.0654 e. The van der Waals surface area contributed by atoms with Crippen molar-refractivity contribution in [2.45, 2.75) is 117 Å². The Balaban J connectivity index is 1.12. The summed E-state index contributed by atoms with van der Waals surface area (Å²) < 4.78 is 0. The summed E-state index contributed by atoms with van der Waals surface area (Å²) in [5, 5.41) is 0. The second-order valence-corrected chi connectivity index (χ2v) is 10.0. The van der Waals surface area contributed by atoms with Crippen LogP contribution in [0, 0.1) is 35.5 Å². The molecule has 140 valence electrons. The number of unbranched alkanes of at least 4 members (excludes halogenated alkanes) is 5. The van der Waals surface area contributed by atoms with Crippen LogP contribution in [0.3, 0.4) is 0 Å². The van der Waals surface area contributed by atoms with Crippen molar-refractivity contribution in [3.63, 3.8) is 0 Å². The Hall–Kier alpha value is 0. The van der Waals surface area contributed by atoms with Gasteiger partial charge in [-0.2, -0.15) is 0 Å². The van der Waals surface area contributed by atoms with E-state index in [1.807, 2.05) is 0 Å². The Kier molecular flexibility index (Phi) is 7.54. The number of hydrogen-bond acceptors (Lipinski definition) is 0. The summed E-state index contributed by atoms with van der Waals surface area (Å²) in [4.78, 5) is 0. The highest BCUT2D eigenvalue weighted by atomic mass is 14.4. The molecule has 0 heterocycles. The number of hydrogen-bond donors (Lipinski definition) is 0. The predicted molar refractivity (Wildman–Crippen MR) is 106 cm³/mol. The molecule has 3 rings (SSSR count). The van der Waals surface area contributed by atoms with Crippen LogP contribution in [-0.4, -0.2) is 0 Å². The minimum absolute atomic E-state index is 1.10. The first-order chi connectivity index (χ1) is 11.8. The molecule has 3 aliphatic carbocycles. The lowest BCUT2D eigenvalue weighted by Crippen LogP contribution is -2.34. The van der Waals surface area contributed by atoms with Gasteiger partial charge in [0.2, 0.25) is 0 Å². The molecule has 0 unspecified atom stereocenters. The minimum atomic E-state index is 1.10. The highest BCUT2D eigenvalue weighted by molar-refractivity contribution is 4.89. The Morgan fingerprint density at radius 1 is 0.500 bits per heavy atom. The average molecular weight is 333 g/mol. The fourth-order valence-corrected chi connectivity index (χ4v) is 6.12. The maximum Gasteiger partial charge on any atom is -0.0406 e. The van der Waals surface area contributed by atoms with Gasteiger partial charge in [0.1, 0.15) is 0 Å². The van der Waals surface area contributed by atoms with Gasteiger partial charge in [0, 0.05) is 0 Å². The first-order valence-corrected chi connectivity index (χ1v) is 11.8. The fraction of sp³-hybridized carbons (Fsp3) is 1.00. The van der Waals surface area contributed by atoms with Crippen molar-refractivity contribution in [2.75, 3.05) is 0 Å². The molecule has 0 amide bonds. The highest BCUT2D eigenvalue weighted by Crippen LogP contribution is 2.50. The van der Waals surface area contributed by atoms with Crippen LogP contribution < -0.4 is 0 Å². The summed E-state index contributed by atoms with van der Waals surface area (Å²) >= 11 is 0. The van der Waals surface area contributed by atoms with Gasteiger partial charge in [0.05, 0.1) is 0 Å². The average Bonchev–Trinajstić information content (AvgIpc) is 2.46. The summed E-state index contributed by atoms with van der Waals surface area (Å²) in [6, 6.07) is 0. The molecule has 3 fully saturated rings. The molecule has 0 atom stereocenters. The topological polar surface area (TPSA) is 0 Å². The van der Waals surface area contributed by atoms with Gasteiger partial charge in [-0.25, -0.2) is 0 Å². The van der Waals surface area contributed by atoms with E-state index >= 15 is 0 Å². The predicted octanol–water partition coefficient (Wildman–Crippen LogP) is 8.01. The maximum atomic E-state index is 2.37. The van der Waals surface area contributed by atoms with Crippen LogP contribution in [0.15, 0.2) is 0 Å². The number of rotatable bonds is 12. The second-order valence-electron chi connectivity index (χ2n) is 10.0. The molecule has 0 heteroatoms. The van der Waals surface area contributed by atoms with E-state index in [1.54, 1.807) is 57.8 Å². The molecule has 0 aliphatic heterocycles. The van der Waals surface area contributed by atoms with Crippen molar-refractivity contribution in [3.8, 4) is 0 Å². The van der Waals surface area contributed by atoms with Crippen molar-refractivity contribution in [2.24, 2.45) is 35.5 Å². The normalized spacial score (nSPS) is 38.2. The van der Waals surface area contributed by atoms with Gasteiger partial charge in [0.15, 0.2) is 0 Å². The van der Waals surface area contributed by atoms with E-state index < -0.39 is 0 Å². The van der Waals surface area contributed by atoms with Gasteiger partial charge in [-0.05, 0) is 86.9 Å². The first-order valence-electron chi connectivity index (χ1n) is 11.8. The Labute approximate surface area is 152 Å². The van der Waals surface area contributed by atoms with Gasteiger partial charge < -0.3 is 0 Å². The van der Waals surface area contributed by atoms with Gasteiger partial charge in [0.25, 0.3) is 0 Å². The first kappa shape index (κ1) is 18.8. The molecule has 0 spiro atoms. The molecule has 3 saturated carbocycles. The molecule has 0 aromatic heterocycles. The molecule has 0 radical (unpaired) electrons. The quantitative estimate of drug-likeness (QED) is 0.317. The summed E-state index contributed by atoms with van der Waals surface area (Å²) in [6.45, 7) is 4.69. The van der Waals surface area contributed by atoms with E-state index in [4.69, 9.17) is 0 Å². The van der Waals surface area contributed by atoms with Gasteiger partial charge in [-0.1, -0.05) is 65.2 Å². The van der Waals surface area contributed by atoms with Crippen LogP contribution in [0.1, 0.15) is 117 Å². The maximum absolute atomic E-state index is 2.37. The fourth-order valence-electron chi connectivity index (χ4n) is 6.12. The van der Waals surface area contributed by atoms with Crippen molar-refractivity contribution in [3.05, 3.63) is 0 Å². The van der Waals surface area contributed by atoms with Crippen LogP contribution in [0.5, 0.6) is 0 Å². The van der Waals surface area contributed by atoms with Crippen LogP contribution in [-0.2, 0) is 0 Å². The van der Waals surface area contributed by atoms with Gasteiger partial charge in [-0.15, -0.1) is 0 Å². The molecule has 3 aliphatic rings. The van der Waals surface area contributed by atoms with Crippen molar-refractivity contribution in [1.82, 2.24) is 0 Å². The zero-order valence-corrected chi connectivity index (χ0v) is 16.8. The Morgan fingerprint density at radius 2 is 0.958 bits per heavy atom. The lowest BCUT2D eigenvalue weighted by molar-refractivity contribution is 0.0603. The smallest absolute Gasteiger partial charge is 0.0406 e. The van der Waals surface area contributed by atoms with E-state index in [-0.39, 0.29) is 0 Å². The second kappa shape index (κ2) is 9.63. The summed E-state index contributed by atoms with van der Waals surface area (Å²) in [5.74, 6) is 6.76. The largest absolute Gasteiger partial charge is 0.0654 e. The van der Waals surface area contributed by atoms with Crippen LogP contribution in [0.4, 0.5) is 0 Å². The third kappa shape index (κ3) is 5.50. The molecular formula is C24H44. The molecule has 0 nitrogen and oxygen atoms in total. The van der Waals surface area contributed by atoms with E-state index in [0.29, 0.717) is 0 Å². The Bertz CT molecular complexity index is 328. The zero-order chi connectivity index (χ0) is 16.8. The van der Waals surface area contributed by atoms with Gasteiger partial charge >= 0.3 is 0 Å². The van der Waals surface area contributed by atoms with E-state index in [0.717, 1.165) is 35.5 Å². The van der Waals surface area contributed by atoms with Gasteiger partial charge in [-0.3, -0.25) is 0 Å². The summed E-state index contributed by atoms with van der Waals surface area (Å²) in [6.07, 6.45) is 24.6. The summed E-state index contributed by atoms with van der Waals surface area (Å²) in [7, 11) is 0. The van der Waals surface area contributed by atoms with Crippen LogP contribution in [0.25, 0.3) is 0 Å². The van der Waals surface area contributed by atoms with E-state index in [9.17, 15) is 0 Å². The molecule has 0 aromatic carbocycles. The van der Waals surface area contributed by atoms with E-state index in [2.05, 4.69) is 13.8 Å². The van der Waals surface area contributed by atoms with Crippen molar-refractivity contribution in [1.29, 1.82) is 0 Å². The van der Waals surface area contributed by atoms with Crippen molar-refractivity contribution < 1.29 is 0 Å².